The van der Waals surface area contributed by atoms with Gasteiger partial charge in [-0.25, -0.2) is 14.7 Å². The quantitative estimate of drug-likeness (QED) is 0.435. The molecule has 164 valence electrons. The number of benzene rings is 2. The van der Waals surface area contributed by atoms with Gasteiger partial charge in [0, 0.05) is 19.2 Å². The van der Waals surface area contributed by atoms with Crippen molar-refractivity contribution in [3.63, 3.8) is 0 Å². The van der Waals surface area contributed by atoms with Crippen LogP contribution in [0.3, 0.4) is 0 Å². The first-order valence-corrected chi connectivity index (χ1v) is 10.1. The average molecular weight is 435 g/mol. The van der Waals surface area contributed by atoms with Gasteiger partial charge in [0.1, 0.15) is 0 Å². The lowest BCUT2D eigenvalue weighted by Crippen LogP contribution is -2.46. The van der Waals surface area contributed by atoms with E-state index in [1.807, 2.05) is 30.3 Å². The number of aromatic nitrogens is 2. The summed E-state index contributed by atoms with van der Waals surface area (Å²) in [6.45, 7) is 2.12. The predicted octanol–water partition coefficient (Wildman–Crippen LogP) is 2.76. The zero-order valence-corrected chi connectivity index (χ0v) is 17.4. The summed E-state index contributed by atoms with van der Waals surface area (Å²) < 4.78 is 7.08. The van der Waals surface area contributed by atoms with Crippen LogP contribution in [0, 0.1) is 17.0 Å². The van der Waals surface area contributed by atoms with Crippen LogP contribution in [0.1, 0.15) is 22.5 Å². The van der Waals surface area contributed by atoms with Crippen LogP contribution in [0.15, 0.2) is 60.8 Å². The Balaban J connectivity index is 1.48. The van der Waals surface area contributed by atoms with Gasteiger partial charge in [-0.1, -0.05) is 30.3 Å². The van der Waals surface area contributed by atoms with Crippen molar-refractivity contribution in [2.75, 3.05) is 19.7 Å². The molecular weight excluding hydrogens is 414 g/mol. The fourth-order valence-corrected chi connectivity index (χ4v) is 3.61. The molecule has 0 saturated carbocycles. The molecule has 1 aromatic heterocycles. The number of rotatable bonds is 6. The lowest BCUT2D eigenvalue weighted by molar-refractivity contribution is -0.385. The molecule has 4 rings (SSSR count). The van der Waals surface area contributed by atoms with Crippen LogP contribution in [0.4, 0.5) is 5.69 Å². The average Bonchev–Trinajstić information content (AvgIpc) is 3.45. The molecule has 0 atom stereocenters. The van der Waals surface area contributed by atoms with Crippen molar-refractivity contribution in [1.82, 2.24) is 19.8 Å². The van der Waals surface area contributed by atoms with Crippen LogP contribution < -0.4 is 4.74 Å². The Bertz CT molecular complexity index is 1160. The minimum absolute atomic E-state index is 0.00269. The van der Waals surface area contributed by atoms with E-state index < -0.39 is 17.4 Å². The first kappa shape index (κ1) is 21.0. The van der Waals surface area contributed by atoms with Crippen LogP contribution in [-0.2, 0) is 4.79 Å². The molecule has 3 aromatic rings. The van der Waals surface area contributed by atoms with Crippen LogP contribution in [0.25, 0.3) is 5.69 Å². The topological polar surface area (TPSA) is 111 Å². The second kappa shape index (κ2) is 8.88. The van der Waals surface area contributed by atoms with Gasteiger partial charge >= 0.3 is 5.69 Å². The lowest BCUT2D eigenvalue weighted by Gasteiger charge is -2.27. The van der Waals surface area contributed by atoms with E-state index in [0.717, 1.165) is 5.69 Å². The molecule has 10 nitrogen and oxygen atoms in total. The number of hydrogen-bond donors (Lipinski definition) is 0. The molecule has 1 aliphatic heterocycles. The number of hydrogen-bond acceptors (Lipinski definition) is 6. The van der Waals surface area contributed by atoms with Crippen molar-refractivity contribution in [2.45, 2.75) is 13.3 Å². The Labute approximate surface area is 183 Å². The smallest absolute Gasteiger partial charge is 0.310 e. The largest absolute Gasteiger partial charge is 0.477 e. The van der Waals surface area contributed by atoms with Gasteiger partial charge in [0.05, 0.1) is 28.1 Å². The maximum atomic E-state index is 13.2. The van der Waals surface area contributed by atoms with E-state index >= 15 is 0 Å². The molecule has 0 aliphatic carbocycles. The van der Waals surface area contributed by atoms with E-state index in [0.29, 0.717) is 30.8 Å². The molecule has 0 unspecified atom stereocenters. The monoisotopic (exact) mass is 435 g/mol. The number of carbonyl (C=O) groups is 2. The Morgan fingerprint density at radius 1 is 1.06 bits per heavy atom. The van der Waals surface area contributed by atoms with Gasteiger partial charge in [-0.15, -0.1) is 0 Å². The summed E-state index contributed by atoms with van der Waals surface area (Å²) in [6.07, 6.45) is 2.12. The van der Waals surface area contributed by atoms with Crippen molar-refractivity contribution in [1.29, 1.82) is 0 Å². The van der Waals surface area contributed by atoms with Crippen LogP contribution >= 0.6 is 0 Å². The van der Waals surface area contributed by atoms with E-state index in [1.54, 1.807) is 17.7 Å². The molecule has 1 saturated heterocycles. The Morgan fingerprint density at radius 3 is 2.50 bits per heavy atom. The number of para-hydroxylation sites is 3. The van der Waals surface area contributed by atoms with Gasteiger partial charge in [0.25, 0.3) is 11.8 Å². The number of amides is 2. The fourth-order valence-electron chi connectivity index (χ4n) is 3.61. The molecule has 0 spiro atoms. The summed E-state index contributed by atoms with van der Waals surface area (Å²) in [6, 6.07) is 15.3. The van der Waals surface area contributed by atoms with Crippen molar-refractivity contribution >= 4 is 17.5 Å². The first-order valence-electron chi connectivity index (χ1n) is 10.1. The van der Waals surface area contributed by atoms with Crippen LogP contribution in [0.5, 0.6) is 5.75 Å². The van der Waals surface area contributed by atoms with Crippen molar-refractivity contribution in [3.8, 4) is 11.4 Å². The molecule has 1 fully saturated rings. The van der Waals surface area contributed by atoms with Crippen molar-refractivity contribution in [3.05, 3.63) is 82.2 Å². The van der Waals surface area contributed by atoms with E-state index in [1.165, 1.54) is 34.4 Å². The maximum Gasteiger partial charge on any atom is 0.310 e. The molecule has 0 bridgehead atoms. The number of carbonyl (C=O) groups excluding carboxylic acids is 2. The summed E-state index contributed by atoms with van der Waals surface area (Å²) in [4.78, 5) is 36.5. The van der Waals surface area contributed by atoms with Crippen molar-refractivity contribution < 1.29 is 19.2 Å². The van der Waals surface area contributed by atoms with E-state index in [-0.39, 0.29) is 17.3 Å². The molecule has 1 aliphatic rings. The molecule has 10 heteroatoms. The highest BCUT2D eigenvalue weighted by Gasteiger charge is 2.33. The Morgan fingerprint density at radius 2 is 1.75 bits per heavy atom. The molecule has 2 aromatic carbocycles. The summed E-state index contributed by atoms with van der Waals surface area (Å²) in [5.74, 6) is -0.786. The number of nitro benzene ring substituents is 1. The zero-order valence-electron chi connectivity index (χ0n) is 17.4. The van der Waals surface area contributed by atoms with Gasteiger partial charge in [-0.05, 0) is 31.5 Å². The van der Waals surface area contributed by atoms with Gasteiger partial charge in [0.15, 0.2) is 12.4 Å². The van der Waals surface area contributed by atoms with Crippen LogP contribution in [-0.4, -0.2) is 56.2 Å². The summed E-state index contributed by atoms with van der Waals surface area (Å²) in [5, 5.41) is 18.2. The number of hydrazine groups is 1. The highest BCUT2D eigenvalue weighted by Crippen LogP contribution is 2.26. The normalized spacial score (nSPS) is 13.3. The third kappa shape index (κ3) is 4.02. The van der Waals surface area contributed by atoms with Crippen LogP contribution in [0.2, 0.25) is 0 Å². The minimum atomic E-state index is -0.571. The second-order valence-corrected chi connectivity index (χ2v) is 7.20. The lowest BCUT2D eigenvalue weighted by atomic mass is 10.2. The molecular formula is C22H21N5O5. The number of nitrogens with zero attached hydrogens (tertiary/aromatic N) is 5. The molecule has 0 N–H and O–H groups in total. The Hall–Kier alpha value is -4.21. The summed E-state index contributed by atoms with van der Waals surface area (Å²) in [5.41, 5.74) is 1.67. The van der Waals surface area contributed by atoms with Crippen molar-refractivity contribution in [2.24, 2.45) is 0 Å². The first-order chi connectivity index (χ1) is 15.5. The maximum absolute atomic E-state index is 13.2. The highest BCUT2D eigenvalue weighted by molar-refractivity contribution is 5.96. The second-order valence-electron chi connectivity index (χ2n) is 7.20. The third-order valence-corrected chi connectivity index (χ3v) is 5.21. The number of ether oxygens (including phenoxy) is 1. The summed E-state index contributed by atoms with van der Waals surface area (Å²) >= 11 is 0. The zero-order chi connectivity index (χ0) is 22.7. The molecule has 2 amide bonds. The SMILES string of the molecule is Cc1c(C(=O)N2CCCN2C(=O)COc2ccccc2[N+](=O)[O-])cnn1-c1ccccc1. The van der Waals surface area contributed by atoms with E-state index in [2.05, 4.69) is 5.10 Å². The standard InChI is InChI=1S/C22H21N5O5/c1-16-18(14-23-26(16)17-8-3-2-4-9-17)22(29)25-13-7-12-24(25)21(28)15-32-20-11-6-5-10-19(20)27(30)31/h2-6,8-11,14H,7,12-13,15H2,1H3. The molecule has 2 heterocycles. The van der Waals surface area contributed by atoms with Gasteiger partial charge < -0.3 is 4.74 Å². The third-order valence-electron chi connectivity index (χ3n) is 5.21. The Kier molecular flexibility index (Phi) is 5.84. The van der Waals surface area contributed by atoms with Gasteiger partial charge in [-0.3, -0.25) is 19.7 Å². The van der Waals surface area contributed by atoms with E-state index in [9.17, 15) is 19.7 Å². The van der Waals surface area contributed by atoms with E-state index in [4.69, 9.17) is 4.74 Å². The minimum Gasteiger partial charge on any atom is -0.477 e. The number of nitro groups is 1. The fraction of sp³-hybridized carbons (Fsp3) is 0.227. The molecule has 32 heavy (non-hydrogen) atoms. The summed E-state index contributed by atoms with van der Waals surface area (Å²) in [7, 11) is 0. The highest BCUT2D eigenvalue weighted by atomic mass is 16.6. The molecule has 0 radical (unpaired) electrons. The predicted molar refractivity (Wildman–Crippen MR) is 114 cm³/mol. The van der Waals surface area contributed by atoms with Gasteiger partial charge in [0.2, 0.25) is 0 Å². The van der Waals surface area contributed by atoms with Gasteiger partial charge in [-0.2, -0.15) is 5.10 Å².